The molecule has 5 nitrogen and oxygen atoms in total. The van der Waals surface area contributed by atoms with Crippen LogP contribution in [0.1, 0.15) is 31.4 Å². The van der Waals surface area contributed by atoms with Crippen LogP contribution in [0.3, 0.4) is 0 Å². The van der Waals surface area contributed by atoms with Crippen molar-refractivity contribution in [3.63, 3.8) is 0 Å². The lowest BCUT2D eigenvalue weighted by Crippen LogP contribution is -2.36. The lowest BCUT2D eigenvalue weighted by Gasteiger charge is -2.34. The number of hydrogen-bond acceptors (Lipinski definition) is 5. The highest BCUT2D eigenvalue weighted by Crippen LogP contribution is 2.31. The van der Waals surface area contributed by atoms with Gasteiger partial charge < -0.3 is 14.7 Å². The Hall–Kier alpha value is -2.14. The first-order valence-electron chi connectivity index (χ1n) is 8.22. The number of aromatic nitrogens is 2. The van der Waals surface area contributed by atoms with E-state index >= 15 is 0 Å². The van der Waals surface area contributed by atoms with E-state index in [4.69, 9.17) is 4.74 Å². The van der Waals surface area contributed by atoms with Crippen molar-refractivity contribution in [3.8, 4) is 5.88 Å². The molecule has 122 valence electrons. The minimum absolute atomic E-state index is 0.296. The molecule has 0 aliphatic carbocycles. The number of nitrogens with zero attached hydrogens (tertiary/aromatic N) is 3. The van der Waals surface area contributed by atoms with Gasteiger partial charge in [-0.05, 0) is 37.3 Å². The van der Waals surface area contributed by atoms with Gasteiger partial charge in [0.2, 0.25) is 5.88 Å². The Morgan fingerprint density at radius 2 is 1.87 bits per heavy atom. The highest BCUT2D eigenvalue weighted by molar-refractivity contribution is 5.38. The fourth-order valence-electron chi connectivity index (χ4n) is 3.07. The lowest BCUT2D eigenvalue weighted by atomic mass is 9.87. The van der Waals surface area contributed by atoms with Gasteiger partial charge in [-0.2, -0.15) is 0 Å². The van der Waals surface area contributed by atoms with Crippen molar-refractivity contribution in [2.75, 3.05) is 24.6 Å². The highest BCUT2D eigenvalue weighted by Gasteiger charge is 2.26. The molecule has 1 unspecified atom stereocenters. The average Bonchev–Trinajstić information content (AvgIpc) is 2.63. The zero-order valence-corrected chi connectivity index (χ0v) is 13.4. The molecule has 2 aromatic rings. The van der Waals surface area contributed by atoms with Crippen molar-refractivity contribution in [2.24, 2.45) is 5.92 Å². The number of hydrogen-bond donors (Lipinski definition) is 1. The van der Waals surface area contributed by atoms with Crippen molar-refractivity contribution in [3.05, 3.63) is 48.0 Å². The molecule has 1 saturated heterocycles. The molecule has 2 heterocycles. The number of ether oxygens (including phenoxy) is 1. The first-order chi connectivity index (χ1) is 11.3. The molecular weight excluding hydrogens is 290 g/mol. The van der Waals surface area contributed by atoms with Crippen molar-refractivity contribution in [2.45, 2.75) is 25.9 Å². The van der Waals surface area contributed by atoms with E-state index in [1.54, 1.807) is 0 Å². The van der Waals surface area contributed by atoms with Crippen LogP contribution in [0.15, 0.2) is 42.5 Å². The number of aliphatic hydroxyl groups excluding tert-OH is 1. The minimum Gasteiger partial charge on any atom is -0.477 e. The van der Waals surface area contributed by atoms with E-state index in [1.165, 1.54) is 0 Å². The molecule has 0 spiro atoms. The standard InChI is InChI=1S/C18H23N3O2/c1-2-23-17-9-8-16(19-20-17)21-12-10-15(11-13-21)18(22)14-6-4-3-5-7-14/h3-9,15,18,22H,2,10-13H2,1H3. The third-order valence-corrected chi connectivity index (χ3v) is 4.37. The van der Waals surface area contributed by atoms with Crippen LogP contribution in [0.4, 0.5) is 5.82 Å². The van der Waals surface area contributed by atoms with Gasteiger partial charge in [0.1, 0.15) is 0 Å². The maximum Gasteiger partial charge on any atom is 0.233 e. The second-order valence-corrected chi connectivity index (χ2v) is 5.84. The van der Waals surface area contributed by atoms with Crippen LogP contribution in [0.25, 0.3) is 0 Å². The van der Waals surface area contributed by atoms with Gasteiger partial charge in [-0.15, -0.1) is 10.2 Å². The van der Waals surface area contributed by atoms with Crippen molar-refractivity contribution in [1.29, 1.82) is 0 Å². The molecule has 0 radical (unpaired) electrons. The van der Waals surface area contributed by atoms with Gasteiger partial charge in [-0.25, -0.2) is 0 Å². The maximum absolute atomic E-state index is 10.5. The number of benzene rings is 1. The Labute approximate surface area is 136 Å². The molecule has 0 amide bonds. The van der Waals surface area contributed by atoms with Crippen molar-refractivity contribution >= 4 is 5.82 Å². The van der Waals surface area contributed by atoms with Crippen LogP contribution < -0.4 is 9.64 Å². The summed E-state index contributed by atoms with van der Waals surface area (Å²) in [7, 11) is 0. The third-order valence-electron chi connectivity index (χ3n) is 4.37. The Bertz CT molecular complexity index is 595. The summed E-state index contributed by atoms with van der Waals surface area (Å²) in [5.74, 6) is 1.73. The summed E-state index contributed by atoms with van der Waals surface area (Å²) in [5.41, 5.74) is 1.01. The van der Waals surface area contributed by atoms with E-state index < -0.39 is 0 Å². The molecule has 5 heteroatoms. The topological polar surface area (TPSA) is 58.5 Å². The summed E-state index contributed by atoms with van der Waals surface area (Å²) < 4.78 is 5.32. The molecule has 1 atom stereocenters. The van der Waals surface area contributed by atoms with Gasteiger partial charge in [-0.1, -0.05) is 30.3 Å². The number of piperidine rings is 1. The average molecular weight is 313 g/mol. The quantitative estimate of drug-likeness (QED) is 0.920. The van der Waals surface area contributed by atoms with Crippen LogP contribution in [-0.4, -0.2) is 35.0 Å². The maximum atomic E-state index is 10.5. The Morgan fingerprint density at radius 3 is 2.48 bits per heavy atom. The summed E-state index contributed by atoms with van der Waals surface area (Å²) in [5, 5.41) is 18.9. The monoisotopic (exact) mass is 313 g/mol. The molecule has 3 rings (SSSR count). The van der Waals surface area contributed by atoms with E-state index in [-0.39, 0.29) is 6.10 Å². The first kappa shape index (κ1) is 15.7. The van der Waals surface area contributed by atoms with Crippen LogP contribution >= 0.6 is 0 Å². The fraction of sp³-hybridized carbons (Fsp3) is 0.444. The van der Waals surface area contributed by atoms with Gasteiger partial charge in [0.05, 0.1) is 12.7 Å². The van der Waals surface area contributed by atoms with Gasteiger partial charge in [-0.3, -0.25) is 0 Å². The van der Waals surface area contributed by atoms with Crippen LogP contribution in [0.5, 0.6) is 5.88 Å². The Morgan fingerprint density at radius 1 is 1.13 bits per heavy atom. The van der Waals surface area contributed by atoms with Crippen molar-refractivity contribution in [1.82, 2.24) is 10.2 Å². The predicted octanol–water partition coefficient (Wildman–Crippen LogP) is 2.83. The number of anilines is 1. The normalized spacial score (nSPS) is 17.0. The number of aliphatic hydroxyl groups is 1. The molecule has 0 saturated carbocycles. The fourth-order valence-corrected chi connectivity index (χ4v) is 3.07. The highest BCUT2D eigenvalue weighted by atomic mass is 16.5. The second kappa shape index (κ2) is 7.42. The molecule has 1 fully saturated rings. The molecule has 1 aliphatic heterocycles. The molecule has 1 N–H and O–H groups in total. The Balaban J connectivity index is 1.57. The summed E-state index contributed by atoms with van der Waals surface area (Å²) >= 11 is 0. The summed E-state index contributed by atoms with van der Waals surface area (Å²) in [4.78, 5) is 2.22. The van der Waals surface area contributed by atoms with E-state index in [0.717, 1.165) is 37.3 Å². The lowest BCUT2D eigenvalue weighted by molar-refractivity contribution is 0.0928. The second-order valence-electron chi connectivity index (χ2n) is 5.84. The smallest absolute Gasteiger partial charge is 0.233 e. The predicted molar refractivity (Wildman–Crippen MR) is 89.5 cm³/mol. The molecule has 1 aromatic heterocycles. The van der Waals surface area contributed by atoms with Crippen LogP contribution in [-0.2, 0) is 0 Å². The summed E-state index contributed by atoms with van der Waals surface area (Å²) in [6, 6.07) is 13.7. The third kappa shape index (κ3) is 3.79. The van der Waals surface area contributed by atoms with Crippen LogP contribution in [0.2, 0.25) is 0 Å². The summed E-state index contributed by atoms with van der Waals surface area (Å²) in [6.07, 6.45) is 1.51. The van der Waals surface area contributed by atoms with Crippen molar-refractivity contribution < 1.29 is 9.84 Å². The molecular formula is C18H23N3O2. The number of rotatable bonds is 5. The Kier molecular flexibility index (Phi) is 5.08. The van der Waals surface area contributed by atoms with Gasteiger partial charge in [0.15, 0.2) is 5.82 Å². The first-order valence-corrected chi connectivity index (χ1v) is 8.22. The minimum atomic E-state index is -0.384. The van der Waals surface area contributed by atoms with Gasteiger partial charge in [0, 0.05) is 19.2 Å². The van der Waals surface area contributed by atoms with E-state index in [9.17, 15) is 5.11 Å². The van der Waals surface area contributed by atoms with Gasteiger partial charge in [0.25, 0.3) is 0 Å². The molecule has 1 aliphatic rings. The van der Waals surface area contributed by atoms with E-state index in [0.29, 0.717) is 18.4 Å². The molecule has 0 bridgehead atoms. The van der Waals surface area contributed by atoms with E-state index in [2.05, 4.69) is 15.1 Å². The van der Waals surface area contributed by atoms with E-state index in [1.807, 2.05) is 49.4 Å². The largest absolute Gasteiger partial charge is 0.477 e. The molecule has 1 aromatic carbocycles. The van der Waals surface area contributed by atoms with Gasteiger partial charge >= 0.3 is 0 Å². The SMILES string of the molecule is CCOc1ccc(N2CCC(C(O)c3ccccc3)CC2)nn1. The molecule has 23 heavy (non-hydrogen) atoms. The van der Waals surface area contributed by atoms with Crippen LogP contribution in [0, 0.1) is 5.92 Å². The zero-order valence-electron chi connectivity index (χ0n) is 13.4. The summed E-state index contributed by atoms with van der Waals surface area (Å²) in [6.45, 7) is 4.30. The zero-order chi connectivity index (χ0) is 16.1.